The van der Waals surface area contributed by atoms with Crippen molar-refractivity contribution in [3.8, 4) is 0 Å². The van der Waals surface area contributed by atoms with Crippen molar-refractivity contribution in [3.63, 3.8) is 0 Å². The molecule has 0 aliphatic heterocycles. The van der Waals surface area contributed by atoms with E-state index >= 15 is 0 Å². The van der Waals surface area contributed by atoms with Crippen LogP contribution >= 0.6 is 0 Å². The topological polar surface area (TPSA) is 26.0 Å². The third-order valence-corrected chi connectivity index (χ3v) is 4.13. The van der Waals surface area contributed by atoms with Crippen molar-refractivity contribution in [1.29, 1.82) is 0 Å². The highest BCUT2D eigenvalue weighted by molar-refractivity contribution is 5.33. The predicted molar refractivity (Wildman–Crippen MR) is 75.2 cm³/mol. The second-order valence-electron chi connectivity index (χ2n) is 5.51. The quantitative estimate of drug-likeness (QED) is 0.885. The molecule has 1 nitrogen and oxygen atoms in total. The number of aryl methyl sites for hydroxylation is 1. The largest absolute Gasteiger partial charge is 0.324 e. The molecule has 0 saturated carbocycles. The molecule has 1 aliphatic carbocycles. The van der Waals surface area contributed by atoms with Crippen LogP contribution in [0.4, 0.5) is 8.78 Å². The Labute approximate surface area is 117 Å². The van der Waals surface area contributed by atoms with Crippen molar-refractivity contribution in [3.05, 3.63) is 70.8 Å². The molecule has 2 aromatic rings. The average molecular weight is 273 g/mol. The van der Waals surface area contributed by atoms with Gasteiger partial charge in [-0.05, 0) is 54.0 Å². The molecule has 2 N–H and O–H groups in total. The molecule has 2 atom stereocenters. The normalized spacial score (nSPS) is 21.6. The second kappa shape index (κ2) is 5.33. The number of fused-ring (bicyclic) bond motifs is 1. The zero-order valence-electron chi connectivity index (χ0n) is 11.2. The summed E-state index contributed by atoms with van der Waals surface area (Å²) in [5, 5.41) is 0. The Morgan fingerprint density at radius 1 is 1.05 bits per heavy atom. The van der Waals surface area contributed by atoms with E-state index in [-0.39, 0.29) is 12.0 Å². The summed E-state index contributed by atoms with van der Waals surface area (Å²) in [6.45, 7) is 0. The first-order valence-corrected chi connectivity index (χ1v) is 6.92. The molecule has 0 amide bonds. The summed E-state index contributed by atoms with van der Waals surface area (Å²) >= 11 is 0. The predicted octanol–water partition coefficient (Wildman–Crippen LogP) is 3.77. The van der Waals surface area contributed by atoms with Crippen molar-refractivity contribution < 1.29 is 8.78 Å². The van der Waals surface area contributed by atoms with Crippen molar-refractivity contribution >= 4 is 0 Å². The van der Waals surface area contributed by atoms with Crippen LogP contribution in [0.2, 0.25) is 0 Å². The van der Waals surface area contributed by atoms with E-state index in [2.05, 4.69) is 12.1 Å². The van der Waals surface area contributed by atoms with E-state index in [0.29, 0.717) is 12.0 Å². The minimum absolute atomic E-state index is 0.0636. The SMILES string of the molecule is NC1c2ccccc2CCC1Cc1cc(F)cc(F)c1. The van der Waals surface area contributed by atoms with Crippen LogP contribution < -0.4 is 5.73 Å². The smallest absolute Gasteiger partial charge is 0.126 e. The Morgan fingerprint density at radius 2 is 1.75 bits per heavy atom. The van der Waals surface area contributed by atoms with Gasteiger partial charge < -0.3 is 5.73 Å². The summed E-state index contributed by atoms with van der Waals surface area (Å²) in [6.07, 6.45) is 2.55. The molecule has 1 aliphatic rings. The van der Waals surface area contributed by atoms with Gasteiger partial charge in [0.1, 0.15) is 11.6 Å². The third kappa shape index (κ3) is 2.59. The van der Waals surface area contributed by atoms with Gasteiger partial charge >= 0.3 is 0 Å². The first-order chi connectivity index (χ1) is 9.63. The van der Waals surface area contributed by atoms with E-state index in [0.717, 1.165) is 18.9 Å². The molecular weight excluding hydrogens is 256 g/mol. The maximum absolute atomic E-state index is 13.2. The number of halogens is 2. The Bertz CT molecular complexity index is 604. The Kier molecular flexibility index (Phi) is 3.53. The van der Waals surface area contributed by atoms with Crippen LogP contribution in [0.3, 0.4) is 0 Å². The monoisotopic (exact) mass is 273 g/mol. The molecule has 0 heterocycles. The highest BCUT2D eigenvalue weighted by atomic mass is 19.1. The molecule has 2 aromatic carbocycles. The van der Waals surface area contributed by atoms with Crippen molar-refractivity contribution in [2.75, 3.05) is 0 Å². The summed E-state index contributed by atoms with van der Waals surface area (Å²) in [5.74, 6) is -0.819. The maximum atomic E-state index is 13.2. The standard InChI is InChI=1S/C17H17F2N/c18-14-8-11(9-15(19)10-14)7-13-6-5-12-3-1-2-4-16(12)17(13)20/h1-4,8-10,13,17H,5-7,20H2. The van der Waals surface area contributed by atoms with Gasteiger partial charge in [0.05, 0.1) is 0 Å². The summed E-state index contributed by atoms with van der Waals surface area (Å²) in [5.41, 5.74) is 9.47. The van der Waals surface area contributed by atoms with Gasteiger partial charge in [0, 0.05) is 12.1 Å². The van der Waals surface area contributed by atoms with Crippen molar-refractivity contribution in [1.82, 2.24) is 0 Å². The molecule has 0 radical (unpaired) electrons. The third-order valence-electron chi connectivity index (χ3n) is 4.13. The highest BCUT2D eigenvalue weighted by Crippen LogP contribution is 2.34. The zero-order valence-corrected chi connectivity index (χ0v) is 11.2. The zero-order chi connectivity index (χ0) is 14.1. The number of nitrogens with two attached hydrogens (primary N) is 1. The highest BCUT2D eigenvalue weighted by Gasteiger charge is 2.26. The fourth-order valence-corrected chi connectivity index (χ4v) is 3.12. The molecule has 2 unspecified atom stereocenters. The Balaban J connectivity index is 1.82. The van der Waals surface area contributed by atoms with Gasteiger partial charge in [0.25, 0.3) is 0 Å². The molecule has 0 saturated heterocycles. The second-order valence-corrected chi connectivity index (χ2v) is 5.51. The minimum atomic E-state index is -0.523. The fourth-order valence-electron chi connectivity index (χ4n) is 3.12. The maximum Gasteiger partial charge on any atom is 0.126 e. The Morgan fingerprint density at radius 3 is 2.50 bits per heavy atom. The Hall–Kier alpha value is -1.74. The fraction of sp³-hybridized carbons (Fsp3) is 0.294. The van der Waals surface area contributed by atoms with E-state index in [9.17, 15) is 8.78 Å². The van der Waals surface area contributed by atoms with Gasteiger partial charge in [-0.15, -0.1) is 0 Å². The summed E-state index contributed by atoms with van der Waals surface area (Å²) in [6, 6.07) is 11.8. The number of benzene rings is 2. The molecular formula is C17H17F2N. The van der Waals surface area contributed by atoms with Crippen molar-refractivity contribution in [2.24, 2.45) is 11.7 Å². The van der Waals surface area contributed by atoms with Crippen LogP contribution in [0.5, 0.6) is 0 Å². The van der Waals surface area contributed by atoms with Gasteiger partial charge in [0.2, 0.25) is 0 Å². The molecule has 0 spiro atoms. The molecule has 20 heavy (non-hydrogen) atoms. The molecule has 3 heteroatoms. The lowest BCUT2D eigenvalue weighted by Crippen LogP contribution is -2.28. The van der Waals surface area contributed by atoms with E-state index in [1.54, 1.807) is 0 Å². The molecule has 104 valence electrons. The first-order valence-electron chi connectivity index (χ1n) is 6.92. The lowest BCUT2D eigenvalue weighted by atomic mass is 9.77. The van der Waals surface area contributed by atoms with Gasteiger partial charge in [-0.1, -0.05) is 24.3 Å². The summed E-state index contributed by atoms with van der Waals surface area (Å²) in [7, 11) is 0. The average Bonchev–Trinajstić information content (AvgIpc) is 2.41. The molecule has 0 aromatic heterocycles. The molecule has 0 bridgehead atoms. The van der Waals surface area contributed by atoms with Crippen LogP contribution in [-0.4, -0.2) is 0 Å². The molecule has 0 fully saturated rings. The van der Waals surface area contributed by atoms with Gasteiger partial charge in [-0.2, -0.15) is 0 Å². The lowest BCUT2D eigenvalue weighted by Gasteiger charge is -2.31. The number of hydrogen-bond acceptors (Lipinski definition) is 1. The van der Waals surface area contributed by atoms with Gasteiger partial charge in [-0.25, -0.2) is 8.78 Å². The minimum Gasteiger partial charge on any atom is -0.324 e. The summed E-state index contributed by atoms with van der Waals surface area (Å²) < 4.78 is 26.5. The van der Waals surface area contributed by atoms with Crippen LogP contribution in [0.1, 0.15) is 29.2 Å². The van der Waals surface area contributed by atoms with Crippen molar-refractivity contribution in [2.45, 2.75) is 25.3 Å². The first kappa shape index (κ1) is 13.3. The van der Waals surface area contributed by atoms with Crippen LogP contribution in [-0.2, 0) is 12.8 Å². The van der Waals surface area contributed by atoms with Crippen LogP contribution in [0.25, 0.3) is 0 Å². The summed E-state index contributed by atoms with van der Waals surface area (Å²) in [4.78, 5) is 0. The van der Waals surface area contributed by atoms with Crippen LogP contribution in [0.15, 0.2) is 42.5 Å². The van der Waals surface area contributed by atoms with E-state index in [1.165, 1.54) is 23.3 Å². The lowest BCUT2D eigenvalue weighted by molar-refractivity contribution is 0.375. The van der Waals surface area contributed by atoms with Crippen LogP contribution in [0, 0.1) is 17.6 Å². The van der Waals surface area contributed by atoms with Gasteiger partial charge in [0.15, 0.2) is 0 Å². The molecule has 3 rings (SSSR count). The van der Waals surface area contributed by atoms with Gasteiger partial charge in [-0.3, -0.25) is 0 Å². The van der Waals surface area contributed by atoms with E-state index < -0.39 is 11.6 Å². The van der Waals surface area contributed by atoms with E-state index in [1.807, 2.05) is 12.1 Å². The van der Waals surface area contributed by atoms with E-state index in [4.69, 9.17) is 5.73 Å². The number of hydrogen-bond donors (Lipinski definition) is 1. The number of rotatable bonds is 2.